The van der Waals surface area contributed by atoms with Crippen LogP contribution in [0.15, 0.2) is 11.6 Å². The van der Waals surface area contributed by atoms with Gasteiger partial charge >= 0.3 is 6.09 Å². The van der Waals surface area contributed by atoms with Crippen LogP contribution in [0.4, 0.5) is 4.79 Å². The van der Waals surface area contributed by atoms with Crippen LogP contribution in [0.5, 0.6) is 0 Å². The van der Waals surface area contributed by atoms with Crippen LogP contribution in [0.1, 0.15) is 119 Å². The molecule has 4 rings (SSSR count). The molecule has 7 heteroatoms. The van der Waals surface area contributed by atoms with E-state index in [1.54, 1.807) is 5.57 Å². The van der Waals surface area contributed by atoms with E-state index in [0.717, 1.165) is 61.2 Å². The van der Waals surface area contributed by atoms with E-state index in [4.69, 9.17) is 23.7 Å². The van der Waals surface area contributed by atoms with Crippen molar-refractivity contribution in [3.05, 3.63) is 11.6 Å². The highest BCUT2D eigenvalue weighted by Gasteiger charge is 2.59. The first-order valence-corrected chi connectivity index (χ1v) is 19.1. The number of allylic oxidation sites excluding steroid dienone is 1. The van der Waals surface area contributed by atoms with Gasteiger partial charge in [-0.05, 0) is 105 Å². The molecule has 0 aliphatic heterocycles. The summed E-state index contributed by atoms with van der Waals surface area (Å²) in [6.07, 6.45) is 17.2. The first-order valence-electron chi connectivity index (χ1n) is 19.1. The van der Waals surface area contributed by atoms with Crippen LogP contribution < -0.4 is 5.32 Å². The molecule has 0 heterocycles. The highest BCUT2D eigenvalue weighted by Crippen LogP contribution is 2.67. The third-order valence-corrected chi connectivity index (χ3v) is 12.6. The summed E-state index contributed by atoms with van der Waals surface area (Å²) in [5.41, 5.74) is 2.38. The number of ether oxygens (including phenoxy) is 5. The quantitative estimate of drug-likeness (QED) is 0.105. The van der Waals surface area contributed by atoms with Gasteiger partial charge in [-0.15, -0.1) is 0 Å². The molecule has 3 fully saturated rings. The van der Waals surface area contributed by atoms with E-state index in [2.05, 4.69) is 46.0 Å². The van der Waals surface area contributed by atoms with Crippen molar-refractivity contribution in [3.8, 4) is 0 Å². The third kappa shape index (κ3) is 9.95. The molecular formula is C39H69NO6. The fraction of sp³-hybridized carbons (Fsp3) is 0.923. The fourth-order valence-electron chi connectivity index (χ4n) is 10.1. The summed E-state index contributed by atoms with van der Waals surface area (Å²) < 4.78 is 27.7. The van der Waals surface area contributed by atoms with Crippen LogP contribution >= 0.6 is 0 Å². The summed E-state index contributed by atoms with van der Waals surface area (Å²) >= 11 is 0. The van der Waals surface area contributed by atoms with E-state index < -0.39 is 0 Å². The molecule has 0 spiro atoms. The summed E-state index contributed by atoms with van der Waals surface area (Å²) in [6, 6.07) is 0. The number of amides is 1. The molecule has 7 nitrogen and oxygen atoms in total. The lowest BCUT2D eigenvalue weighted by molar-refractivity contribution is -0.0581. The summed E-state index contributed by atoms with van der Waals surface area (Å²) in [5, 5.41) is 2.94. The average Bonchev–Trinajstić information content (AvgIpc) is 3.38. The Morgan fingerprint density at radius 3 is 2.24 bits per heavy atom. The summed E-state index contributed by atoms with van der Waals surface area (Å²) in [4.78, 5) is 12.6. The van der Waals surface area contributed by atoms with Gasteiger partial charge in [0, 0.05) is 26.2 Å². The minimum absolute atomic E-state index is 0.0103. The number of fused-ring (bicyclic) bond motifs is 5. The molecule has 8 atom stereocenters. The van der Waals surface area contributed by atoms with Crippen LogP contribution in [0.3, 0.4) is 0 Å². The molecule has 4 aliphatic rings. The van der Waals surface area contributed by atoms with Crippen molar-refractivity contribution in [3.63, 3.8) is 0 Å². The van der Waals surface area contributed by atoms with Crippen molar-refractivity contribution in [1.82, 2.24) is 5.32 Å². The maximum absolute atomic E-state index is 12.6. The third-order valence-electron chi connectivity index (χ3n) is 12.6. The summed E-state index contributed by atoms with van der Waals surface area (Å²) in [5.74, 6) is 5.08. The summed E-state index contributed by atoms with van der Waals surface area (Å²) in [6.45, 7) is 19.8. The molecule has 1 N–H and O–H groups in total. The molecule has 4 aliphatic carbocycles. The summed E-state index contributed by atoms with van der Waals surface area (Å²) in [7, 11) is 0. The minimum Gasteiger partial charge on any atom is -0.446 e. The number of hydrogen-bond donors (Lipinski definition) is 1. The second kappa shape index (κ2) is 18.6. The van der Waals surface area contributed by atoms with E-state index in [9.17, 15) is 4.79 Å². The van der Waals surface area contributed by atoms with E-state index in [-0.39, 0.29) is 17.6 Å². The predicted molar refractivity (Wildman–Crippen MR) is 185 cm³/mol. The monoisotopic (exact) mass is 648 g/mol. The fourth-order valence-corrected chi connectivity index (χ4v) is 10.1. The van der Waals surface area contributed by atoms with E-state index in [1.807, 2.05) is 6.92 Å². The Labute approximate surface area is 281 Å². The van der Waals surface area contributed by atoms with E-state index >= 15 is 0 Å². The Hall–Kier alpha value is -1.15. The zero-order valence-electron chi connectivity index (χ0n) is 30.4. The van der Waals surface area contributed by atoms with Crippen molar-refractivity contribution in [2.75, 3.05) is 59.4 Å². The molecule has 0 bridgehead atoms. The number of alkyl carbamates (subject to hydrolysis) is 1. The molecule has 4 unspecified atom stereocenters. The lowest BCUT2D eigenvalue weighted by Crippen LogP contribution is -2.51. The lowest BCUT2D eigenvalue weighted by atomic mass is 9.47. The average molecular weight is 648 g/mol. The van der Waals surface area contributed by atoms with Crippen molar-refractivity contribution >= 4 is 6.09 Å². The molecule has 0 aromatic heterocycles. The Morgan fingerprint density at radius 1 is 0.848 bits per heavy atom. The molecule has 0 aromatic rings. The minimum atomic E-state index is -0.288. The van der Waals surface area contributed by atoms with E-state index in [0.29, 0.717) is 64.8 Å². The Kier molecular flexibility index (Phi) is 15.2. The van der Waals surface area contributed by atoms with Gasteiger partial charge in [0.05, 0.1) is 39.6 Å². The maximum atomic E-state index is 12.6. The standard InChI is InChI=1S/C39H69NO6/c1-7-42-22-23-44-26-27-45-25-24-43-21-9-20-40-37(41)46-32-16-18-38(5)31(28-32)12-13-33-35-15-14-34(30(4)11-8-10-29(2)3)39(35,6)19-17-36(33)38/h12,29-30,32-36H,7-11,13-28H2,1-6H3,(H,40,41)/t30-,32+,33?,34?,35?,36?,38+,39-/m1/s1. The zero-order chi connectivity index (χ0) is 33.0. The second-order valence-corrected chi connectivity index (χ2v) is 15.9. The van der Waals surface area contributed by atoms with Crippen LogP contribution in [0, 0.1) is 46.3 Å². The van der Waals surface area contributed by atoms with Gasteiger partial charge in [-0.25, -0.2) is 4.79 Å². The molecular weight excluding hydrogens is 578 g/mol. The second-order valence-electron chi connectivity index (χ2n) is 15.9. The maximum Gasteiger partial charge on any atom is 0.407 e. The van der Waals surface area contributed by atoms with Gasteiger partial charge in [0.2, 0.25) is 0 Å². The smallest absolute Gasteiger partial charge is 0.407 e. The lowest BCUT2D eigenvalue weighted by Gasteiger charge is -2.58. The van der Waals surface area contributed by atoms with E-state index in [1.165, 1.54) is 51.4 Å². The Morgan fingerprint density at radius 2 is 1.54 bits per heavy atom. The largest absolute Gasteiger partial charge is 0.446 e. The number of rotatable bonds is 20. The number of carbonyl (C=O) groups is 1. The van der Waals surface area contributed by atoms with Gasteiger partial charge in [-0.3, -0.25) is 0 Å². The molecule has 1 amide bonds. The van der Waals surface area contributed by atoms with Crippen molar-refractivity contribution < 1.29 is 28.5 Å². The molecule has 0 radical (unpaired) electrons. The number of carbonyl (C=O) groups excluding carboxylic acids is 1. The predicted octanol–water partition coefficient (Wildman–Crippen LogP) is 8.60. The molecule has 3 saturated carbocycles. The van der Waals surface area contributed by atoms with Gasteiger partial charge in [0.15, 0.2) is 0 Å². The van der Waals surface area contributed by atoms with Gasteiger partial charge in [0.25, 0.3) is 0 Å². The van der Waals surface area contributed by atoms with Crippen molar-refractivity contribution in [2.45, 2.75) is 125 Å². The highest BCUT2D eigenvalue weighted by molar-refractivity contribution is 5.67. The van der Waals surface area contributed by atoms with Gasteiger partial charge in [-0.1, -0.05) is 65.5 Å². The van der Waals surface area contributed by atoms with Crippen LogP contribution in [-0.4, -0.2) is 71.6 Å². The SMILES string of the molecule is CCOCCOCCOCCOCCCNC(=O)O[C@H]1CC[C@@]2(C)C(=CCC3C4CCC([C@H](C)CCCC(C)C)[C@@]4(C)CCC32)C1. The number of nitrogens with one attached hydrogen (secondary N) is 1. The van der Waals surface area contributed by atoms with Crippen LogP contribution in [0.25, 0.3) is 0 Å². The highest BCUT2D eigenvalue weighted by atomic mass is 16.6. The molecule has 266 valence electrons. The van der Waals surface area contributed by atoms with Gasteiger partial charge < -0.3 is 29.0 Å². The molecule has 0 saturated heterocycles. The molecule has 0 aromatic carbocycles. The van der Waals surface area contributed by atoms with Crippen LogP contribution in [-0.2, 0) is 23.7 Å². The van der Waals surface area contributed by atoms with Crippen molar-refractivity contribution in [1.29, 1.82) is 0 Å². The van der Waals surface area contributed by atoms with Crippen molar-refractivity contribution in [2.24, 2.45) is 46.3 Å². The molecule has 46 heavy (non-hydrogen) atoms. The van der Waals surface area contributed by atoms with Gasteiger partial charge in [0.1, 0.15) is 6.10 Å². The van der Waals surface area contributed by atoms with Gasteiger partial charge in [-0.2, -0.15) is 0 Å². The normalized spacial score (nSPS) is 32.8. The van der Waals surface area contributed by atoms with Crippen LogP contribution in [0.2, 0.25) is 0 Å². The Balaban J connectivity index is 1.12. The topological polar surface area (TPSA) is 75.3 Å². The zero-order valence-corrected chi connectivity index (χ0v) is 30.4. The Bertz CT molecular complexity index is 939. The first kappa shape index (κ1) is 37.7. The first-order chi connectivity index (χ1) is 22.2. The number of hydrogen-bond acceptors (Lipinski definition) is 6.